The van der Waals surface area contributed by atoms with Gasteiger partial charge in [-0.15, -0.1) is 0 Å². The van der Waals surface area contributed by atoms with E-state index in [0.717, 1.165) is 6.42 Å². The molecule has 0 aliphatic carbocycles. The number of hydrogen-bond donors (Lipinski definition) is 2. The lowest BCUT2D eigenvalue weighted by Crippen LogP contribution is -2.39. The Morgan fingerprint density at radius 2 is 2.00 bits per heavy atom. The van der Waals surface area contributed by atoms with E-state index >= 15 is 0 Å². The lowest BCUT2D eigenvalue weighted by atomic mass is 9.99. The number of rotatable bonds is 6. The Balaban J connectivity index is 4.24. The van der Waals surface area contributed by atoms with Crippen molar-refractivity contribution in [1.82, 2.24) is 0 Å². The second-order valence-corrected chi connectivity index (χ2v) is 3.38. The number of carboxylic acids is 1. The van der Waals surface area contributed by atoms with Crippen molar-refractivity contribution < 1.29 is 19.4 Å². The molecule has 1 atom stereocenters. The van der Waals surface area contributed by atoms with Crippen molar-refractivity contribution in [2.45, 2.75) is 38.7 Å². The van der Waals surface area contributed by atoms with E-state index in [9.17, 15) is 9.59 Å². The van der Waals surface area contributed by atoms with Gasteiger partial charge in [0, 0.05) is 6.92 Å². The van der Waals surface area contributed by atoms with Gasteiger partial charge < -0.3 is 15.6 Å². The summed E-state index contributed by atoms with van der Waals surface area (Å²) in [6, 6.07) is 0. The summed E-state index contributed by atoms with van der Waals surface area (Å²) in [6.45, 7) is 3.10. The van der Waals surface area contributed by atoms with E-state index in [-0.39, 0.29) is 0 Å². The van der Waals surface area contributed by atoms with Gasteiger partial charge >= 0.3 is 11.9 Å². The Bertz CT molecular complexity index is 217. The summed E-state index contributed by atoms with van der Waals surface area (Å²) in [4.78, 5) is 21.5. The molecule has 5 heteroatoms. The Hall–Kier alpha value is -1.10. The average molecular weight is 203 g/mol. The van der Waals surface area contributed by atoms with Crippen molar-refractivity contribution in [2.24, 2.45) is 5.73 Å². The Kier molecular flexibility index (Phi) is 5.15. The lowest BCUT2D eigenvalue weighted by molar-refractivity contribution is -0.176. The first-order valence-electron chi connectivity index (χ1n) is 4.55. The van der Waals surface area contributed by atoms with E-state index in [4.69, 9.17) is 15.6 Å². The van der Waals surface area contributed by atoms with Crippen molar-refractivity contribution >= 4 is 11.9 Å². The van der Waals surface area contributed by atoms with Crippen LogP contribution in [0.25, 0.3) is 0 Å². The Labute approximate surface area is 83.2 Å². The van der Waals surface area contributed by atoms with Crippen molar-refractivity contribution in [1.29, 1.82) is 0 Å². The normalized spacial score (nSPS) is 14.5. The van der Waals surface area contributed by atoms with Crippen LogP contribution in [0.15, 0.2) is 0 Å². The van der Waals surface area contributed by atoms with Crippen LogP contribution in [0.2, 0.25) is 0 Å². The van der Waals surface area contributed by atoms with E-state index < -0.39 is 17.5 Å². The Morgan fingerprint density at radius 3 is 2.36 bits per heavy atom. The maximum absolute atomic E-state index is 10.8. The first-order valence-corrected chi connectivity index (χ1v) is 4.55. The SMILES string of the molecule is CC(=O)OC(C)(CCCCN)C(=O)O. The molecule has 0 radical (unpaired) electrons. The summed E-state index contributed by atoms with van der Waals surface area (Å²) < 4.78 is 4.77. The van der Waals surface area contributed by atoms with E-state index in [0.29, 0.717) is 19.4 Å². The molecule has 0 saturated heterocycles. The summed E-state index contributed by atoms with van der Waals surface area (Å²) in [6.07, 6.45) is 1.65. The number of hydrogen-bond acceptors (Lipinski definition) is 4. The third-order valence-corrected chi connectivity index (χ3v) is 1.93. The van der Waals surface area contributed by atoms with Crippen LogP contribution >= 0.6 is 0 Å². The molecule has 82 valence electrons. The predicted molar refractivity (Wildman–Crippen MR) is 50.7 cm³/mol. The standard InChI is InChI=1S/C9H17NO4/c1-7(11)14-9(2,8(12)13)5-3-4-6-10/h3-6,10H2,1-2H3,(H,12,13). The molecular weight excluding hydrogens is 186 g/mol. The quantitative estimate of drug-likeness (QED) is 0.485. The molecule has 0 bridgehead atoms. The zero-order valence-electron chi connectivity index (χ0n) is 8.58. The van der Waals surface area contributed by atoms with Crippen LogP contribution in [0.3, 0.4) is 0 Å². The topological polar surface area (TPSA) is 89.6 Å². The first-order chi connectivity index (χ1) is 6.42. The second-order valence-electron chi connectivity index (χ2n) is 3.38. The summed E-state index contributed by atoms with van der Waals surface area (Å²) in [5.41, 5.74) is 3.86. The third-order valence-electron chi connectivity index (χ3n) is 1.93. The minimum atomic E-state index is -1.42. The van der Waals surface area contributed by atoms with Crippen molar-refractivity contribution in [2.75, 3.05) is 6.54 Å². The highest BCUT2D eigenvalue weighted by Gasteiger charge is 2.35. The van der Waals surface area contributed by atoms with Crippen LogP contribution in [-0.4, -0.2) is 29.2 Å². The van der Waals surface area contributed by atoms with Gasteiger partial charge in [-0.05, 0) is 32.7 Å². The molecule has 3 N–H and O–H groups in total. The second kappa shape index (κ2) is 5.59. The van der Waals surface area contributed by atoms with E-state index in [1.165, 1.54) is 13.8 Å². The molecule has 0 spiro atoms. The third kappa shape index (κ3) is 4.23. The molecule has 0 aromatic heterocycles. The fraction of sp³-hybridized carbons (Fsp3) is 0.778. The molecule has 1 unspecified atom stereocenters. The smallest absolute Gasteiger partial charge is 0.347 e. The average Bonchev–Trinajstić information content (AvgIpc) is 2.03. The molecule has 0 amide bonds. The van der Waals surface area contributed by atoms with E-state index in [1.807, 2.05) is 0 Å². The zero-order chi connectivity index (χ0) is 11.2. The molecule has 0 aromatic carbocycles. The minimum absolute atomic E-state index is 0.291. The summed E-state index contributed by atoms with van der Waals surface area (Å²) in [7, 11) is 0. The maximum atomic E-state index is 10.8. The molecule has 5 nitrogen and oxygen atoms in total. The van der Waals surface area contributed by atoms with Crippen LogP contribution in [0.5, 0.6) is 0 Å². The van der Waals surface area contributed by atoms with Gasteiger partial charge in [-0.25, -0.2) is 4.79 Å². The van der Waals surface area contributed by atoms with Crippen molar-refractivity contribution in [3.8, 4) is 0 Å². The monoisotopic (exact) mass is 203 g/mol. The molecule has 0 heterocycles. The number of carbonyl (C=O) groups excluding carboxylic acids is 1. The molecule has 0 rings (SSSR count). The highest BCUT2D eigenvalue weighted by atomic mass is 16.6. The molecule has 0 aromatic rings. The van der Waals surface area contributed by atoms with Gasteiger partial charge in [0.05, 0.1) is 0 Å². The number of nitrogens with two attached hydrogens (primary N) is 1. The number of carboxylic acid groups (broad SMARTS) is 1. The summed E-state index contributed by atoms with van der Waals surface area (Å²) >= 11 is 0. The number of aliphatic carboxylic acids is 1. The maximum Gasteiger partial charge on any atom is 0.347 e. The van der Waals surface area contributed by atoms with Gasteiger partial charge in [-0.1, -0.05) is 0 Å². The van der Waals surface area contributed by atoms with E-state index in [2.05, 4.69) is 0 Å². The van der Waals surface area contributed by atoms with Gasteiger partial charge in [0.1, 0.15) is 0 Å². The number of unbranched alkanes of at least 4 members (excludes halogenated alkanes) is 1. The summed E-state index contributed by atoms with van der Waals surface area (Å²) in [5, 5.41) is 8.87. The van der Waals surface area contributed by atoms with Crippen LogP contribution < -0.4 is 5.73 Å². The Morgan fingerprint density at radius 1 is 1.43 bits per heavy atom. The number of ether oxygens (including phenoxy) is 1. The van der Waals surface area contributed by atoms with Gasteiger partial charge in [-0.2, -0.15) is 0 Å². The fourth-order valence-electron chi connectivity index (χ4n) is 1.13. The van der Waals surface area contributed by atoms with Crippen molar-refractivity contribution in [3.05, 3.63) is 0 Å². The van der Waals surface area contributed by atoms with Crippen LogP contribution in [0.4, 0.5) is 0 Å². The van der Waals surface area contributed by atoms with Gasteiger partial charge in [-0.3, -0.25) is 4.79 Å². The molecule has 14 heavy (non-hydrogen) atoms. The van der Waals surface area contributed by atoms with Gasteiger partial charge in [0.2, 0.25) is 5.60 Å². The molecule has 0 aliphatic rings. The first kappa shape index (κ1) is 12.9. The van der Waals surface area contributed by atoms with E-state index in [1.54, 1.807) is 0 Å². The fourth-order valence-corrected chi connectivity index (χ4v) is 1.13. The van der Waals surface area contributed by atoms with Crippen LogP contribution in [-0.2, 0) is 14.3 Å². The van der Waals surface area contributed by atoms with Gasteiger partial charge in [0.25, 0.3) is 0 Å². The number of carbonyl (C=O) groups is 2. The molecular formula is C9H17NO4. The summed E-state index contributed by atoms with van der Waals surface area (Å²) in [5.74, 6) is -1.70. The number of esters is 1. The van der Waals surface area contributed by atoms with Crippen LogP contribution in [0.1, 0.15) is 33.1 Å². The van der Waals surface area contributed by atoms with Gasteiger partial charge in [0.15, 0.2) is 0 Å². The van der Waals surface area contributed by atoms with Crippen LogP contribution in [0, 0.1) is 0 Å². The zero-order valence-corrected chi connectivity index (χ0v) is 8.58. The predicted octanol–water partition coefficient (Wildman–Crippen LogP) is 0.522. The molecule has 0 aliphatic heterocycles. The highest BCUT2D eigenvalue weighted by Crippen LogP contribution is 2.19. The lowest BCUT2D eigenvalue weighted by Gasteiger charge is -2.24. The molecule has 0 saturated carbocycles. The largest absolute Gasteiger partial charge is 0.478 e. The highest BCUT2D eigenvalue weighted by molar-refractivity contribution is 5.80. The van der Waals surface area contributed by atoms with Crippen molar-refractivity contribution in [3.63, 3.8) is 0 Å². The minimum Gasteiger partial charge on any atom is -0.478 e. The molecule has 0 fully saturated rings.